The fraction of sp³-hybridized carbons (Fsp3) is 0.556. The summed E-state index contributed by atoms with van der Waals surface area (Å²) in [5.41, 5.74) is 4.04. The summed E-state index contributed by atoms with van der Waals surface area (Å²) in [7, 11) is -3.71. The maximum absolute atomic E-state index is 14.9. The first-order chi connectivity index (χ1) is 31.1. The Balaban J connectivity index is 1.12. The Hall–Kier alpha value is -3.17. The molecule has 1 aliphatic rings. The number of ether oxygens (including phenoxy) is 5. The van der Waals surface area contributed by atoms with Crippen molar-refractivity contribution >= 4 is 7.60 Å². The molecule has 1 aliphatic heterocycles. The minimum Gasteiger partial charge on any atom is -0.381 e. The highest BCUT2D eigenvalue weighted by Gasteiger charge is 2.49. The summed E-state index contributed by atoms with van der Waals surface area (Å²) in [5.74, 6) is 0. The average molecular weight is 885 g/mol. The van der Waals surface area contributed by atoms with Crippen molar-refractivity contribution in [2.45, 2.75) is 161 Å². The van der Waals surface area contributed by atoms with Gasteiger partial charge in [-0.1, -0.05) is 212 Å². The van der Waals surface area contributed by atoms with Gasteiger partial charge in [-0.15, -0.1) is 0 Å². The Morgan fingerprint density at radius 3 is 1.32 bits per heavy atom. The van der Waals surface area contributed by atoms with E-state index in [2.05, 4.69) is 6.92 Å². The topological polar surface area (TPSA) is 81.7 Å². The molecule has 0 N–H and O–H groups in total. The Labute approximate surface area is 380 Å². The van der Waals surface area contributed by atoms with Gasteiger partial charge in [-0.05, 0) is 41.5 Å². The van der Waals surface area contributed by atoms with Crippen LogP contribution in [0, 0.1) is 0 Å². The molecule has 4 aromatic rings. The second kappa shape index (κ2) is 31.7. The molecule has 0 bridgehead atoms. The first-order valence-electron chi connectivity index (χ1n) is 24.2. The molecule has 0 radical (unpaired) electrons. The molecule has 5 rings (SSSR count). The quantitative estimate of drug-likeness (QED) is 0.0330. The van der Waals surface area contributed by atoms with Crippen LogP contribution in [0.5, 0.6) is 0 Å². The van der Waals surface area contributed by atoms with Crippen LogP contribution in [0.2, 0.25) is 0 Å². The van der Waals surface area contributed by atoms with Crippen LogP contribution in [-0.2, 0) is 63.7 Å². The second-order valence-corrected chi connectivity index (χ2v) is 19.1. The summed E-state index contributed by atoms with van der Waals surface area (Å²) < 4.78 is 59.8. The van der Waals surface area contributed by atoms with Crippen LogP contribution < -0.4 is 0 Å². The van der Waals surface area contributed by atoms with Crippen LogP contribution in [0.25, 0.3) is 0 Å². The molecular weight excluding hydrogens is 808 g/mol. The van der Waals surface area contributed by atoms with E-state index < -0.39 is 32.0 Å². The monoisotopic (exact) mass is 885 g/mol. The van der Waals surface area contributed by atoms with Gasteiger partial charge in [0, 0.05) is 13.2 Å². The minimum atomic E-state index is -3.71. The molecule has 1 heterocycles. The zero-order valence-electron chi connectivity index (χ0n) is 38.2. The molecule has 1 unspecified atom stereocenters. The Morgan fingerprint density at radius 2 is 0.825 bits per heavy atom. The van der Waals surface area contributed by atoms with Crippen molar-refractivity contribution in [3.8, 4) is 0 Å². The lowest BCUT2D eigenvalue weighted by atomic mass is 10.0. The van der Waals surface area contributed by atoms with E-state index in [0.717, 1.165) is 41.7 Å². The summed E-state index contributed by atoms with van der Waals surface area (Å²) >= 11 is 0. The van der Waals surface area contributed by atoms with E-state index >= 15 is 0 Å². The normalized spacial score (nSPS) is 18.4. The lowest BCUT2D eigenvalue weighted by molar-refractivity contribution is -0.0897. The van der Waals surface area contributed by atoms with Gasteiger partial charge in [-0.3, -0.25) is 4.57 Å². The summed E-state index contributed by atoms with van der Waals surface area (Å²) in [4.78, 5) is 0. The van der Waals surface area contributed by atoms with Crippen molar-refractivity contribution < 1.29 is 37.3 Å². The highest BCUT2D eigenvalue weighted by atomic mass is 31.2. The van der Waals surface area contributed by atoms with E-state index in [0.29, 0.717) is 32.8 Å². The molecule has 9 heteroatoms. The van der Waals surface area contributed by atoms with Crippen LogP contribution in [0.15, 0.2) is 121 Å². The van der Waals surface area contributed by atoms with Crippen molar-refractivity contribution in [1.82, 2.24) is 0 Å². The van der Waals surface area contributed by atoms with Gasteiger partial charge in [-0.2, -0.15) is 0 Å². The third kappa shape index (κ3) is 21.1. The Morgan fingerprint density at radius 1 is 0.429 bits per heavy atom. The van der Waals surface area contributed by atoms with Crippen molar-refractivity contribution in [3.63, 3.8) is 0 Å². The van der Waals surface area contributed by atoms with Crippen molar-refractivity contribution in [2.24, 2.45) is 0 Å². The van der Waals surface area contributed by atoms with E-state index in [1.165, 1.54) is 83.5 Å². The molecular formula is C54H77O8P. The molecule has 63 heavy (non-hydrogen) atoms. The minimum absolute atomic E-state index is 0.00922. The molecule has 0 spiro atoms. The molecule has 346 valence electrons. The molecule has 0 aromatic heterocycles. The van der Waals surface area contributed by atoms with E-state index in [1.807, 2.05) is 121 Å². The van der Waals surface area contributed by atoms with Crippen LogP contribution in [-0.4, -0.2) is 57.0 Å². The van der Waals surface area contributed by atoms with Crippen LogP contribution in [0.1, 0.15) is 132 Å². The maximum Gasteiger partial charge on any atom is 0.333 e. The SMILES string of the molecule is CCCCCCCCCCCCCCCCOCCCCOP(=O)(C[C@@H]1O[C@H](COCc2ccccc2)[C@@H](OCc2ccccc2)[C@@H]1OCc1ccccc1)OCc1ccccc1. The third-order valence-corrected chi connectivity index (χ3v) is 13.6. The first kappa shape index (κ1) is 50.8. The molecule has 0 aliphatic carbocycles. The van der Waals surface area contributed by atoms with Gasteiger partial charge >= 0.3 is 7.60 Å². The average Bonchev–Trinajstić information content (AvgIpc) is 3.64. The fourth-order valence-corrected chi connectivity index (χ4v) is 9.78. The van der Waals surface area contributed by atoms with E-state index in [1.54, 1.807) is 0 Å². The van der Waals surface area contributed by atoms with Gasteiger partial charge < -0.3 is 32.7 Å². The molecule has 4 aromatic carbocycles. The highest BCUT2D eigenvalue weighted by molar-refractivity contribution is 7.53. The van der Waals surface area contributed by atoms with Gasteiger partial charge in [0.05, 0.1) is 51.9 Å². The predicted molar refractivity (Wildman–Crippen MR) is 255 cm³/mol. The third-order valence-electron chi connectivity index (χ3n) is 11.7. The van der Waals surface area contributed by atoms with Gasteiger partial charge in [0.15, 0.2) is 0 Å². The first-order valence-corrected chi connectivity index (χ1v) is 25.9. The smallest absolute Gasteiger partial charge is 0.333 e. The van der Waals surface area contributed by atoms with Crippen molar-refractivity contribution in [2.75, 3.05) is 32.6 Å². The molecule has 0 amide bonds. The molecule has 1 saturated heterocycles. The maximum atomic E-state index is 14.9. The highest BCUT2D eigenvalue weighted by Crippen LogP contribution is 2.52. The standard InChI is InChI=1S/C54H77O8P/c1-2-3-4-5-6-7-8-9-10-11-12-13-14-27-38-56-39-28-29-40-60-63(55,61-44-50-36-25-18-26-37-50)46-52-54(59-43-49-34-23-17-24-35-49)53(58-42-48-32-21-16-22-33-48)51(62-52)45-57-41-47-30-19-15-20-31-47/h15-26,30-37,51-54H,2-14,27-29,38-46H2,1H3/t51-,52+,53-,54-,63?/m1/s1. The van der Waals surface area contributed by atoms with Crippen molar-refractivity contribution in [3.05, 3.63) is 144 Å². The second-order valence-electron chi connectivity index (χ2n) is 17.0. The zero-order chi connectivity index (χ0) is 43.9. The summed E-state index contributed by atoms with van der Waals surface area (Å²) in [6.45, 7) is 5.56. The molecule has 1 fully saturated rings. The number of benzene rings is 4. The van der Waals surface area contributed by atoms with Gasteiger partial charge in [-0.25, -0.2) is 0 Å². The number of hydrogen-bond acceptors (Lipinski definition) is 8. The summed E-state index contributed by atoms with van der Waals surface area (Å²) in [6, 6.07) is 40.0. The number of hydrogen-bond donors (Lipinski definition) is 0. The van der Waals surface area contributed by atoms with Gasteiger partial charge in [0.25, 0.3) is 0 Å². The van der Waals surface area contributed by atoms with Crippen LogP contribution >= 0.6 is 7.60 Å². The van der Waals surface area contributed by atoms with E-state index in [9.17, 15) is 4.57 Å². The molecule has 0 saturated carbocycles. The van der Waals surface area contributed by atoms with E-state index in [4.69, 9.17) is 32.7 Å². The van der Waals surface area contributed by atoms with E-state index in [-0.39, 0.29) is 26.0 Å². The Kier molecular flexibility index (Phi) is 25.5. The van der Waals surface area contributed by atoms with Crippen LogP contribution in [0.4, 0.5) is 0 Å². The zero-order valence-corrected chi connectivity index (χ0v) is 39.1. The lowest BCUT2D eigenvalue weighted by Gasteiger charge is -2.27. The fourth-order valence-electron chi connectivity index (χ4n) is 8.01. The van der Waals surface area contributed by atoms with Gasteiger partial charge in [0.2, 0.25) is 0 Å². The van der Waals surface area contributed by atoms with Crippen LogP contribution in [0.3, 0.4) is 0 Å². The number of rotatable bonds is 36. The Bertz CT molecular complexity index is 1730. The predicted octanol–water partition coefficient (Wildman–Crippen LogP) is 13.8. The summed E-state index contributed by atoms with van der Waals surface area (Å²) in [5, 5.41) is 0. The lowest BCUT2D eigenvalue weighted by Crippen LogP contribution is -2.40. The molecule has 8 nitrogen and oxygen atoms in total. The van der Waals surface area contributed by atoms with Crippen molar-refractivity contribution in [1.29, 1.82) is 0 Å². The summed E-state index contributed by atoms with van der Waals surface area (Å²) in [6.07, 6.45) is 18.2. The molecule has 5 atom stereocenters. The van der Waals surface area contributed by atoms with Gasteiger partial charge in [0.1, 0.15) is 18.3 Å². The number of unbranched alkanes of at least 4 members (excludes halogenated alkanes) is 14. The largest absolute Gasteiger partial charge is 0.381 e.